The van der Waals surface area contributed by atoms with Crippen LogP contribution in [0.2, 0.25) is 10.0 Å². The standard InChI is InChI=1S/C18H15Cl2N5O4/c1-27-15-6-10(8-22-23-18(26)16-17(21)25-29-24-16)2-5-14(15)28-9-11-3-4-12(19)7-13(11)20/h2-8H,9H2,1H3,(H2,21,25)(H,23,26). The van der Waals surface area contributed by atoms with Crippen LogP contribution in [0.15, 0.2) is 46.1 Å². The number of hydrazone groups is 1. The summed E-state index contributed by atoms with van der Waals surface area (Å²) >= 11 is 12.1. The fourth-order valence-electron chi connectivity index (χ4n) is 2.25. The zero-order chi connectivity index (χ0) is 20.8. The number of amides is 1. The molecule has 0 aliphatic carbocycles. The Kier molecular flexibility index (Phi) is 6.53. The smallest absolute Gasteiger partial charge is 0.297 e. The van der Waals surface area contributed by atoms with Crippen molar-refractivity contribution in [1.29, 1.82) is 0 Å². The Morgan fingerprint density at radius 2 is 2.07 bits per heavy atom. The molecule has 0 aliphatic rings. The van der Waals surface area contributed by atoms with Crippen molar-refractivity contribution < 1.29 is 18.9 Å². The first-order chi connectivity index (χ1) is 14.0. The van der Waals surface area contributed by atoms with Crippen molar-refractivity contribution in [2.75, 3.05) is 12.8 Å². The highest BCUT2D eigenvalue weighted by molar-refractivity contribution is 6.35. The van der Waals surface area contributed by atoms with Gasteiger partial charge in [0.1, 0.15) is 6.61 Å². The number of carbonyl (C=O) groups excluding carboxylic acids is 1. The molecule has 0 saturated carbocycles. The molecule has 0 saturated heterocycles. The van der Waals surface area contributed by atoms with Gasteiger partial charge in [0, 0.05) is 15.6 Å². The van der Waals surface area contributed by atoms with Crippen LogP contribution in [0.3, 0.4) is 0 Å². The lowest BCUT2D eigenvalue weighted by molar-refractivity contribution is 0.0946. The minimum absolute atomic E-state index is 0.123. The van der Waals surface area contributed by atoms with E-state index in [-0.39, 0.29) is 18.1 Å². The van der Waals surface area contributed by atoms with Gasteiger partial charge < -0.3 is 15.2 Å². The fourth-order valence-corrected chi connectivity index (χ4v) is 2.71. The van der Waals surface area contributed by atoms with Crippen molar-refractivity contribution in [3.63, 3.8) is 0 Å². The van der Waals surface area contributed by atoms with Gasteiger partial charge in [-0.05, 0) is 46.2 Å². The van der Waals surface area contributed by atoms with Crippen molar-refractivity contribution in [3.05, 3.63) is 63.3 Å². The monoisotopic (exact) mass is 435 g/mol. The summed E-state index contributed by atoms with van der Waals surface area (Å²) in [4.78, 5) is 11.8. The molecule has 1 amide bonds. The van der Waals surface area contributed by atoms with Crippen molar-refractivity contribution in [3.8, 4) is 11.5 Å². The van der Waals surface area contributed by atoms with E-state index in [2.05, 4.69) is 25.5 Å². The van der Waals surface area contributed by atoms with E-state index in [9.17, 15) is 4.79 Å². The summed E-state index contributed by atoms with van der Waals surface area (Å²) in [5.74, 6) is 0.227. The number of nitrogen functional groups attached to an aromatic ring is 1. The van der Waals surface area contributed by atoms with E-state index >= 15 is 0 Å². The minimum atomic E-state index is -0.647. The highest BCUT2D eigenvalue weighted by Crippen LogP contribution is 2.29. The predicted octanol–water partition coefficient (Wildman–Crippen LogP) is 3.31. The van der Waals surface area contributed by atoms with Crippen LogP contribution in [0, 0.1) is 0 Å². The third kappa shape index (κ3) is 5.15. The van der Waals surface area contributed by atoms with E-state index in [1.54, 1.807) is 36.4 Å². The molecule has 0 fully saturated rings. The molecule has 0 unspecified atom stereocenters. The van der Waals surface area contributed by atoms with E-state index < -0.39 is 5.91 Å². The maximum absolute atomic E-state index is 11.8. The van der Waals surface area contributed by atoms with Crippen LogP contribution in [0.1, 0.15) is 21.6 Å². The van der Waals surface area contributed by atoms with Gasteiger partial charge in [0.25, 0.3) is 5.91 Å². The predicted molar refractivity (Wildman–Crippen MR) is 108 cm³/mol. The van der Waals surface area contributed by atoms with Gasteiger partial charge >= 0.3 is 0 Å². The molecule has 0 radical (unpaired) electrons. The normalized spacial score (nSPS) is 10.9. The van der Waals surface area contributed by atoms with Crippen molar-refractivity contribution in [1.82, 2.24) is 15.7 Å². The molecule has 3 rings (SSSR count). The number of rotatable bonds is 7. The number of benzene rings is 2. The van der Waals surface area contributed by atoms with E-state index in [0.717, 1.165) is 5.56 Å². The third-order valence-electron chi connectivity index (χ3n) is 3.69. The minimum Gasteiger partial charge on any atom is -0.493 e. The Morgan fingerprint density at radius 3 is 2.76 bits per heavy atom. The van der Waals surface area contributed by atoms with Crippen LogP contribution < -0.4 is 20.6 Å². The number of nitrogens with two attached hydrogens (primary N) is 1. The van der Waals surface area contributed by atoms with Gasteiger partial charge in [-0.2, -0.15) is 5.10 Å². The van der Waals surface area contributed by atoms with Gasteiger partial charge in [-0.25, -0.2) is 10.1 Å². The molecule has 1 aromatic heterocycles. The summed E-state index contributed by atoms with van der Waals surface area (Å²) in [7, 11) is 1.51. The molecule has 9 nitrogen and oxygen atoms in total. The number of aromatic nitrogens is 2. The first-order valence-electron chi connectivity index (χ1n) is 8.14. The number of anilines is 1. The second-order valence-corrected chi connectivity index (χ2v) is 6.48. The first kappa shape index (κ1) is 20.4. The molecule has 29 heavy (non-hydrogen) atoms. The number of hydrogen-bond donors (Lipinski definition) is 2. The Bertz CT molecular complexity index is 1050. The molecule has 0 atom stereocenters. The average molecular weight is 436 g/mol. The van der Waals surface area contributed by atoms with Gasteiger partial charge in [0.05, 0.1) is 13.3 Å². The number of hydrogen-bond acceptors (Lipinski definition) is 8. The van der Waals surface area contributed by atoms with Crippen molar-refractivity contribution in [2.24, 2.45) is 5.10 Å². The molecule has 0 spiro atoms. The topological polar surface area (TPSA) is 125 Å². The first-order valence-corrected chi connectivity index (χ1v) is 8.89. The Balaban J connectivity index is 1.65. The van der Waals surface area contributed by atoms with Crippen LogP contribution >= 0.6 is 23.2 Å². The molecule has 2 aromatic carbocycles. The number of nitrogens with zero attached hydrogens (tertiary/aromatic N) is 3. The summed E-state index contributed by atoms with van der Waals surface area (Å²) in [6.45, 7) is 0.239. The zero-order valence-corrected chi connectivity index (χ0v) is 16.6. The average Bonchev–Trinajstić information content (AvgIpc) is 3.13. The molecule has 0 bridgehead atoms. The van der Waals surface area contributed by atoms with Gasteiger partial charge in [-0.3, -0.25) is 4.79 Å². The molecule has 1 heterocycles. The Morgan fingerprint density at radius 1 is 1.24 bits per heavy atom. The lowest BCUT2D eigenvalue weighted by atomic mass is 10.2. The van der Waals surface area contributed by atoms with E-state index in [1.807, 2.05) is 0 Å². The molecule has 0 aliphatic heterocycles. The lowest BCUT2D eigenvalue weighted by Gasteiger charge is -2.12. The highest BCUT2D eigenvalue weighted by Gasteiger charge is 2.15. The SMILES string of the molecule is COc1cc(C=NNC(=O)c2nonc2N)ccc1OCc1ccc(Cl)cc1Cl. The Hall–Kier alpha value is -3.30. The van der Waals surface area contributed by atoms with Crippen molar-refractivity contribution >= 4 is 41.1 Å². The molecule has 150 valence electrons. The second kappa shape index (κ2) is 9.26. The molecular formula is C18H15Cl2N5O4. The summed E-state index contributed by atoms with van der Waals surface area (Å²) in [5.41, 5.74) is 9.01. The van der Waals surface area contributed by atoms with Crippen LogP contribution in [0.5, 0.6) is 11.5 Å². The van der Waals surface area contributed by atoms with Gasteiger partial charge in [0.15, 0.2) is 11.5 Å². The highest BCUT2D eigenvalue weighted by atomic mass is 35.5. The van der Waals surface area contributed by atoms with Crippen LogP contribution in [-0.2, 0) is 6.61 Å². The third-order valence-corrected chi connectivity index (χ3v) is 4.28. The maximum atomic E-state index is 11.8. The maximum Gasteiger partial charge on any atom is 0.297 e. The van der Waals surface area contributed by atoms with Crippen LogP contribution in [-0.4, -0.2) is 29.5 Å². The number of methoxy groups -OCH3 is 1. The van der Waals surface area contributed by atoms with Crippen LogP contribution in [0.4, 0.5) is 5.82 Å². The number of ether oxygens (including phenoxy) is 2. The van der Waals surface area contributed by atoms with Crippen molar-refractivity contribution in [2.45, 2.75) is 6.61 Å². The van der Waals surface area contributed by atoms with Gasteiger partial charge in [-0.1, -0.05) is 29.3 Å². The summed E-state index contributed by atoms with van der Waals surface area (Å²) in [6.07, 6.45) is 1.42. The number of nitrogens with one attached hydrogen (secondary N) is 1. The fraction of sp³-hybridized carbons (Fsp3) is 0.111. The molecule has 3 aromatic rings. The summed E-state index contributed by atoms with van der Waals surface area (Å²) in [5, 5.41) is 11.6. The van der Waals surface area contributed by atoms with E-state index in [1.165, 1.54) is 13.3 Å². The quantitative estimate of drug-likeness (QED) is 0.430. The van der Waals surface area contributed by atoms with Crippen LogP contribution in [0.25, 0.3) is 0 Å². The zero-order valence-electron chi connectivity index (χ0n) is 15.1. The number of halogens is 2. The molecular weight excluding hydrogens is 421 g/mol. The van der Waals surface area contributed by atoms with Gasteiger partial charge in [-0.15, -0.1) is 0 Å². The summed E-state index contributed by atoms with van der Waals surface area (Å²) in [6, 6.07) is 10.3. The second-order valence-electron chi connectivity index (χ2n) is 5.63. The van der Waals surface area contributed by atoms with Gasteiger partial charge in [0.2, 0.25) is 11.5 Å². The lowest BCUT2D eigenvalue weighted by Crippen LogP contribution is -2.19. The Labute approximate surface area is 175 Å². The molecule has 3 N–H and O–H groups in total. The van der Waals surface area contributed by atoms with E-state index in [4.69, 9.17) is 38.4 Å². The van der Waals surface area contributed by atoms with E-state index in [0.29, 0.717) is 27.1 Å². The summed E-state index contributed by atoms with van der Waals surface area (Å²) < 4.78 is 15.5. The molecule has 11 heteroatoms. The number of carbonyl (C=O) groups is 1. The largest absolute Gasteiger partial charge is 0.493 e.